The molecule has 90 valence electrons. The maximum Gasteiger partial charge on any atom is 0.296 e. The number of phenolic OH excluding ortho intramolecular Hbond substituents is 1. The summed E-state index contributed by atoms with van der Waals surface area (Å²) in [7, 11) is 0. The summed E-state index contributed by atoms with van der Waals surface area (Å²) in [5, 5.41) is 20.5. The van der Waals surface area contributed by atoms with Gasteiger partial charge in [-0.05, 0) is 6.07 Å². The highest BCUT2D eigenvalue weighted by molar-refractivity contribution is 5.98. The molecular formula is C10H10N2O5. The minimum Gasteiger partial charge on any atom is -0.505 e. The van der Waals surface area contributed by atoms with Gasteiger partial charge in [-0.3, -0.25) is 19.8 Å². The number of rotatable bonds is 2. The van der Waals surface area contributed by atoms with E-state index in [2.05, 4.69) is 0 Å². The van der Waals surface area contributed by atoms with Crippen LogP contribution in [0.25, 0.3) is 0 Å². The number of nitro benzene ring substituents is 1. The third kappa shape index (κ3) is 2.04. The maximum atomic E-state index is 11.6. The van der Waals surface area contributed by atoms with Crippen molar-refractivity contribution >= 4 is 17.3 Å². The maximum absolute atomic E-state index is 11.6. The quantitative estimate of drug-likeness (QED) is 0.603. The summed E-state index contributed by atoms with van der Waals surface area (Å²) < 4.78 is 4.93. The SMILES string of the molecule is O=C1COCCN1c1c(O)cccc1[N+](=O)[O-]. The van der Waals surface area contributed by atoms with Gasteiger partial charge in [-0.2, -0.15) is 0 Å². The minimum atomic E-state index is -0.627. The Labute approximate surface area is 96.4 Å². The molecule has 1 aromatic carbocycles. The second kappa shape index (κ2) is 4.38. The van der Waals surface area contributed by atoms with E-state index in [1.54, 1.807) is 0 Å². The van der Waals surface area contributed by atoms with E-state index in [9.17, 15) is 20.0 Å². The molecule has 17 heavy (non-hydrogen) atoms. The largest absolute Gasteiger partial charge is 0.505 e. The van der Waals surface area contributed by atoms with Crippen molar-refractivity contribution in [3.05, 3.63) is 28.3 Å². The number of nitro groups is 1. The molecule has 0 aromatic heterocycles. The molecule has 1 N–H and O–H groups in total. The molecule has 0 saturated carbocycles. The van der Waals surface area contributed by atoms with E-state index in [0.717, 1.165) is 0 Å². The Bertz CT molecular complexity index is 474. The molecule has 1 amide bonds. The Morgan fingerprint density at radius 3 is 2.88 bits per heavy atom. The zero-order valence-corrected chi connectivity index (χ0v) is 8.83. The van der Waals surface area contributed by atoms with E-state index in [1.165, 1.54) is 23.1 Å². The van der Waals surface area contributed by atoms with Gasteiger partial charge in [0.25, 0.3) is 11.6 Å². The number of para-hydroxylation sites is 1. The molecule has 1 saturated heterocycles. The fraction of sp³-hybridized carbons (Fsp3) is 0.300. The van der Waals surface area contributed by atoms with Gasteiger partial charge >= 0.3 is 0 Å². The third-order valence-corrected chi connectivity index (χ3v) is 2.45. The van der Waals surface area contributed by atoms with E-state index in [-0.39, 0.29) is 36.9 Å². The van der Waals surface area contributed by atoms with Crippen LogP contribution in [0.4, 0.5) is 11.4 Å². The zero-order valence-electron chi connectivity index (χ0n) is 8.83. The normalized spacial score (nSPS) is 16.0. The summed E-state index contributed by atoms with van der Waals surface area (Å²) in [6.45, 7) is 0.347. The Balaban J connectivity index is 2.49. The average Bonchev–Trinajstić information content (AvgIpc) is 2.30. The second-order valence-corrected chi connectivity index (χ2v) is 3.50. The van der Waals surface area contributed by atoms with Crippen LogP contribution in [0, 0.1) is 10.1 Å². The first-order chi connectivity index (χ1) is 8.11. The van der Waals surface area contributed by atoms with E-state index in [4.69, 9.17) is 4.74 Å². The van der Waals surface area contributed by atoms with Crippen molar-refractivity contribution in [1.29, 1.82) is 0 Å². The van der Waals surface area contributed by atoms with Gasteiger partial charge in [0, 0.05) is 12.6 Å². The average molecular weight is 238 g/mol. The summed E-state index contributed by atoms with van der Waals surface area (Å²) in [6, 6.07) is 3.92. The van der Waals surface area contributed by atoms with Crippen LogP contribution in [0.5, 0.6) is 5.75 Å². The predicted octanol–water partition coefficient (Wildman–Crippen LogP) is 0.664. The molecule has 1 aromatic rings. The van der Waals surface area contributed by atoms with Gasteiger partial charge in [0.1, 0.15) is 12.4 Å². The molecule has 7 heteroatoms. The van der Waals surface area contributed by atoms with Crippen LogP contribution in [0.2, 0.25) is 0 Å². The molecule has 0 aliphatic carbocycles. The summed E-state index contributed by atoms with van der Waals surface area (Å²) in [6.07, 6.45) is 0. The van der Waals surface area contributed by atoms with Crippen LogP contribution in [0.1, 0.15) is 0 Å². The Morgan fingerprint density at radius 1 is 1.47 bits per heavy atom. The van der Waals surface area contributed by atoms with Crippen LogP contribution < -0.4 is 4.90 Å². The zero-order chi connectivity index (χ0) is 12.4. The van der Waals surface area contributed by atoms with Crippen molar-refractivity contribution in [2.75, 3.05) is 24.7 Å². The van der Waals surface area contributed by atoms with Gasteiger partial charge in [-0.25, -0.2) is 0 Å². The highest BCUT2D eigenvalue weighted by atomic mass is 16.6. The molecule has 1 fully saturated rings. The van der Waals surface area contributed by atoms with Crippen molar-refractivity contribution in [3.8, 4) is 5.75 Å². The van der Waals surface area contributed by atoms with Crippen LogP contribution in [0.15, 0.2) is 18.2 Å². The van der Waals surface area contributed by atoms with Gasteiger partial charge < -0.3 is 9.84 Å². The highest BCUT2D eigenvalue weighted by Gasteiger charge is 2.29. The third-order valence-electron chi connectivity index (χ3n) is 2.45. The van der Waals surface area contributed by atoms with Gasteiger partial charge in [0.2, 0.25) is 0 Å². The number of ether oxygens (including phenoxy) is 1. The number of anilines is 1. The number of nitrogens with zero attached hydrogens (tertiary/aromatic N) is 2. The number of benzene rings is 1. The molecule has 0 bridgehead atoms. The second-order valence-electron chi connectivity index (χ2n) is 3.50. The summed E-state index contributed by atoms with van der Waals surface area (Å²) in [4.78, 5) is 23.0. The number of carbonyl (C=O) groups is 1. The number of hydrogen-bond acceptors (Lipinski definition) is 5. The lowest BCUT2D eigenvalue weighted by atomic mass is 10.2. The molecule has 1 aliphatic rings. The molecule has 2 rings (SSSR count). The molecule has 0 radical (unpaired) electrons. The van der Waals surface area contributed by atoms with E-state index in [0.29, 0.717) is 0 Å². The fourth-order valence-electron chi connectivity index (χ4n) is 1.70. The molecular weight excluding hydrogens is 228 g/mol. The molecule has 0 atom stereocenters. The van der Waals surface area contributed by atoms with E-state index < -0.39 is 10.8 Å². The monoisotopic (exact) mass is 238 g/mol. The Hall–Kier alpha value is -2.15. The first kappa shape index (κ1) is 11.3. The minimum absolute atomic E-state index is 0.0641. The Kier molecular flexibility index (Phi) is 2.92. The first-order valence-electron chi connectivity index (χ1n) is 4.95. The summed E-state index contributed by atoms with van der Waals surface area (Å²) in [5.74, 6) is -0.685. The van der Waals surface area contributed by atoms with Crippen molar-refractivity contribution in [3.63, 3.8) is 0 Å². The molecule has 1 aliphatic heterocycles. The van der Waals surface area contributed by atoms with Gasteiger partial charge in [-0.15, -0.1) is 0 Å². The molecule has 1 heterocycles. The summed E-state index contributed by atoms with van der Waals surface area (Å²) in [5.41, 5.74) is -0.356. The number of amides is 1. The van der Waals surface area contributed by atoms with Crippen molar-refractivity contribution in [2.24, 2.45) is 0 Å². The van der Waals surface area contributed by atoms with Crippen molar-refractivity contribution in [1.82, 2.24) is 0 Å². The first-order valence-corrected chi connectivity index (χ1v) is 4.95. The number of hydrogen-bond donors (Lipinski definition) is 1. The smallest absolute Gasteiger partial charge is 0.296 e. The van der Waals surface area contributed by atoms with Crippen LogP contribution >= 0.6 is 0 Å². The number of carbonyl (C=O) groups excluding carboxylic acids is 1. The lowest BCUT2D eigenvalue weighted by molar-refractivity contribution is -0.384. The Morgan fingerprint density at radius 2 is 2.24 bits per heavy atom. The lowest BCUT2D eigenvalue weighted by Crippen LogP contribution is -2.42. The molecule has 0 spiro atoms. The fourth-order valence-corrected chi connectivity index (χ4v) is 1.70. The number of aromatic hydroxyl groups is 1. The van der Waals surface area contributed by atoms with Crippen molar-refractivity contribution in [2.45, 2.75) is 0 Å². The van der Waals surface area contributed by atoms with Crippen molar-refractivity contribution < 1.29 is 19.6 Å². The highest BCUT2D eigenvalue weighted by Crippen LogP contribution is 2.37. The summed E-state index contributed by atoms with van der Waals surface area (Å²) >= 11 is 0. The van der Waals surface area contributed by atoms with E-state index >= 15 is 0 Å². The number of phenols is 1. The van der Waals surface area contributed by atoms with Gasteiger partial charge in [-0.1, -0.05) is 6.07 Å². The lowest BCUT2D eigenvalue weighted by Gasteiger charge is -2.26. The van der Waals surface area contributed by atoms with Gasteiger partial charge in [0.15, 0.2) is 5.69 Å². The number of morpholine rings is 1. The van der Waals surface area contributed by atoms with E-state index in [1.807, 2.05) is 0 Å². The van der Waals surface area contributed by atoms with Gasteiger partial charge in [0.05, 0.1) is 11.5 Å². The molecule has 7 nitrogen and oxygen atoms in total. The van der Waals surface area contributed by atoms with Crippen LogP contribution in [-0.4, -0.2) is 35.7 Å². The van der Waals surface area contributed by atoms with Crippen LogP contribution in [-0.2, 0) is 9.53 Å². The standard InChI is InChI=1S/C10H10N2O5/c13-8-3-1-2-7(12(15)16)10(8)11-4-5-17-6-9(11)14/h1-3,13H,4-6H2. The topological polar surface area (TPSA) is 92.9 Å². The predicted molar refractivity (Wildman–Crippen MR) is 57.9 cm³/mol. The van der Waals surface area contributed by atoms with Crippen LogP contribution in [0.3, 0.4) is 0 Å². The molecule has 0 unspecified atom stereocenters.